The third-order valence-corrected chi connectivity index (χ3v) is 6.08. The molecule has 1 atom stereocenters. The van der Waals surface area contributed by atoms with E-state index in [2.05, 4.69) is 5.10 Å². The number of rotatable bonds is 5. The lowest BCUT2D eigenvalue weighted by atomic mass is 10.0. The second-order valence-corrected chi connectivity index (χ2v) is 7.79. The molecule has 1 fully saturated rings. The summed E-state index contributed by atoms with van der Waals surface area (Å²) in [5.41, 5.74) is 0.539. The van der Waals surface area contributed by atoms with Gasteiger partial charge < -0.3 is 5.11 Å². The number of piperidine rings is 1. The normalized spacial score (nSPS) is 21.1. The lowest BCUT2D eigenvalue weighted by molar-refractivity contribution is 0.192. The highest BCUT2D eigenvalue weighted by Gasteiger charge is 2.35. The van der Waals surface area contributed by atoms with E-state index in [0.29, 0.717) is 23.6 Å². The Labute approximate surface area is 126 Å². The van der Waals surface area contributed by atoms with Crippen molar-refractivity contribution >= 4 is 10.0 Å². The molecule has 0 aromatic carbocycles. The third-order valence-electron chi connectivity index (χ3n) is 4.02. The molecule has 1 unspecified atom stereocenters. The first-order valence-electron chi connectivity index (χ1n) is 7.56. The maximum atomic E-state index is 12.9. The fourth-order valence-corrected chi connectivity index (χ4v) is 4.72. The van der Waals surface area contributed by atoms with E-state index in [9.17, 15) is 8.42 Å². The van der Waals surface area contributed by atoms with Gasteiger partial charge >= 0.3 is 0 Å². The van der Waals surface area contributed by atoms with Crippen LogP contribution in [0.1, 0.15) is 51.3 Å². The Hall–Kier alpha value is -0.920. The Morgan fingerprint density at radius 1 is 1.43 bits per heavy atom. The van der Waals surface area contributed by atoms with E-state index in [-0.39, 0.29) is 18.7 Å². The van der Waals surface area contributed by atoms with Crippen molar-refractivity contribution in [3.8, 4) is 0 Å². The average molecular weight is 315 g/mol. The molecule has 0 saturated carbocycles. The molecule has 2 heterocycles. The molecule has 1 aliphatic heterocycles. The number of aliphatic hydroxyl groups excluding tert-OH is 1. The highest BCUT2D eigenvalue weighted by atomic mass is 32.2. The van der Waals surface area contributed by atoms with Crippen LogP contribution in [0.2, 0.25) is 0 Å². The Bertz CT molecular complexity index is 578. The second-order valence-electron chi connectivity index (χ2n) is 5.93. The monoisotopic (exact) mass is 315 g/mol. The van der Waals surface area contributed by atoms with Crippen LogP contribution in [0.3, 0.4) is 0 Å². The zero-order valence-corrected chi connectivity index (χ0v) is 13.8. The van der Waals surface area contributed by atoms with E-state index < -0.39 is 10.0 Å². The molecule has 6 nitrogen and oxygen atoms in total. The van der Waals surface area contributed by atoms with Crippen LogP contribution in [0, 0.1) is 6.92 Å². The maximum Gasteiger partial charge on any atom is 0.246 e. The number of sulfonamides is 1. The van der Waals surface area contributed by atoms with Crippen LogP contribution in [0.15, 0.2) is 11.1 Å². The molecule has 7 heteroatoms. The molecule has 1 aliphatic rings. The molecular formula is C14H25N3O3S. The Morgan fingerprint density at radius 2 is 2.14 bits per heavy atom. The molecule has 1 saturated heterocycles. The van der Waals surface area contributed by atoms with Crippen molar-refractivity contribution in [1.29, 1.82) is 0 Å². The zero-order chi connectivity index (χ0) is 15.6. The number of nitrogens with zero attached hydrogens (tertiary/aromatic N) is 3. The predicted octanol–water partition coefficient (Wildman–Crippen LogP) is 1.70. The van der Waals surface area contributed by atoms with Crippen molar-refractivity contribution in [3.05, 3.63) is 11.9 Å². The van der Waals surface area contributed by atoms with Crippen LogP contribution in [0.25, 0.3) is 0 Å². The minimum absolute atomic E-state index is 0.0148. The smallest absolute Gasteiger partial charge is 0.246 e. The molecule has 1 aromatic heterocycles. The lowest BCUT2D eigenvalue weighted by Crippen LogP contribution is -2.44. The zero-order valence-electron chi connectivity index (χ0n) is 13.0. The van der Waals surface area contributed by atoms with Gasteiger partial charge in [-0.1, -0.05) is 6.42 Å². The molecule has 0 bridgehead atoms. The van der Waals surface area contributed by atoms with Crippen LogP contribution < -0.4 is 0 Å². The number of hydrogen-bond acceptors (Lipinski definition) is 4. The number of aliphatic hydroxyl groups is 1. The molecule has 120 valence electrons. The van der Waals surface area contributed by atoms with E-state index in [1.54, 1.807) is 22.1 Å². The first-order valence-corrected chi connectivity index (χ1v) is 9.00. The van der Waals surface area contributed by atoms with Crippen LogP contribution in [0.5, 0.6) is 0 Å². The summed E-state index contributed by atoms with van der Waals surface area (Å²) in [5, 5.41) is 13.5. The fourth-order valence-electron chi connectivity index (χ4n) is 2.84. The van der Waals surface area contributed by atoms with Gasteiger partial charge in [-0.15, -0.1) is 0 Å². The highest BCUT2D eigenvalue weighted by molar-refractivity contribution is 7.89. The van der Waals surface area contributed by atoms with Crippen molar-refractivity contribution in [3.63, 3.8) is 0 Å². The van der Waals surface area contributed by atoms with Crippen LogP contribution in [-0.4, -0.2) is 46.8 Å². The third kappa shape index (κ3) is 3.30. The summed E-state index contributed by atoms with van der Waals surface area (Å²) < 4.78 is 29.1. The van der Waals surface area contributed by atoms with Gasteiger partial charge in [-0.2, -0.15) is 9.40 Å². The summed E-state index contributed by atoms with van der Waals surface area (Å²) >= 11 is 0. The largest absolute Gasteiger partial charge is 0.396 e. The maximum absolute atomic E-state index is 12.9. The van der Waals surface area contributed by atoms with Gasteiger partial charge in [-0.05, 0) is 40.0 Å². The number of aryl methyl sites for hydroxylation is 1. The second kappa shape index (κ2) is 6.46. The van der Waals surface area contributed by atoms with Gasteiger partial charge in [0, 0.05) is 31.4 Å². The predicted molar refractivity (Wildman–Crippen MR) is 80.6 cm³/mol. The van der Waals surface area contributed by atoms with Crippen molar-refractivity contribution < 1.29 is 13.5 Å². The minimum Gasteiger partial charge on any atom is -0.396 e. The molecule has 1 N–H and O–H groups in total. The SMILES string of the molecule is Cc1nn(C(C)C)cc1S(=O)(=O)N1CCCCC1CCO. The topological polar surface area (TPSA) is 75.4 Å². The number of aromatic nitrogens is 2. The molecule has 2 rings (SSSR count). The summed E-state index contributed by atoms with van der Waals surface area (Å²) in [6.45, 7) is 6.22. The van der Waals surface area contributed by atoms with E-state index in [1.807, 2.05) is 13.8 Å². The van der Waals surface area contributed by atoms with Gasteiger partial charge in [0.25, 0.3) is 0 Å². The van der Waals surface area contributed by atoms with Gasteiger partial charge in [-0.3, -0.25) is 4.68 Å². The van der Waals surface area contributed by atoms with E-state index >= 15 is 0 Å². The molecule has 21 heavy (non-hydrogen) atoms. The average Bonchev–Trinajstić information content (AvgIpc) is 2.83. The highest BCUT2D eigenvalue weighted by Crippen LogP contribution is 2.28. The first kappa shape index (κ1) is 16.5. The van der Waals surface area contributed by atoms with Crippen molar-refractivity contribution in [2.45, 2.75) is 63.4 Å². The van der Waals surface area contributed by atoms with Gasteiger partial charge in [0.2, 0.25) is 10.0 Å². The molecule has 1 aromatic rings. The minimum atomic E-state index is -3.54. The molecule has 0 radical (unpaired) electrons. The molecule has 0 spiro atoms. The number of hydrogen-bond donors (Lipinski definition) is 1. The first-order chi connectivity index (χ1) is 9.87. The summed E-state index contributed by atoms with van der Waals surface area (Å²) in [6, 6.07) is 0.0257. The Kier molecular flexibility index (Phi) is 5.06. The van der Waals surface area contributed by atoms with Crippen molar-refractivity contribution in [1.82, 2.24) is 14.1 Å². The molecular weight excluding hydrogens is 290 g/mol. The van der Waals surface area contributed by atoms with E-state index in [4.69, 9.17) is 5.11 Å². The lowest BCUT2D eigenvalue weighted by Gasteiger charge is -2.34. The summed E-state index contributed by atoms with van der Waals surface area (Å²) in [6.07, 6.45) is 4.83. The Morgan fingerprint density at radius 3 is 2.71 bits per heavy atom. The van der Waals surface area contributed by atoms with Crippen LogP contribution in [0.4, 0.5) is 0 Å². The van der Waals surface area contributed by atoms with Crippen molar-refractivity contribution in [2.75, 3.05) is 13.2 Å². The van der Waals surface area contributed by atoms with E-state index in [1.165, 1.54) is 0 Å². The fraction of sp³-hybridized carbons (Fsp3) is 0.786. The van der Waals surface area contributed by atoms with Gasteiger partial charge in [-0.25, -0.2) is 8.42 Å². The van der Waals surface area contributed by atoms with Gasteiger partial charge in [0.15, 0.2) is 0 Å². The van der Waals surface area contributed by atoms with Crippen LogP contribution >= 0.6 is 0 Å². The molecule has 0 amide bonds. The quantitative estimate of drug-likeness (QED) is 0.897. The van der Waals surface area contributed by atoms with Crippen LogP contribution in [-0.2, 0) is 10.0 Å². The standard InChI is InChI=1S/C14H25N3O3S/c1-11(2)16-10-14(12(3)15-16)21(19,20)17-8-5-4-6-13(17)7-9-18/h10-11,13,18H,4-9H2,1-3H3. The summed E-state index contributed by atoms with van der Waals surface area (Å²) in [4.78, 5) is 0.293. The molecule has 0 aliphatic carbocycles. The summed E-state index contributed by atoms with van der Waals surface area (Å²) in [5.74, 6) is 0. The Balaban J connectivity index is 2.35. The van der Waals surface area contributed by atoms with Crippen molar-refractivity contribution in [2.24, 2.45) is 0 Å². The van der Waals surface area contributed by atoms with Gasteiger partial charge in [0.1, 0.15) is 4.90 Å². The van der Waals surface area contributed by atoms with E-state index in [0.717, 1.165) is 19.3 Å². The summed E-state index contributed by atoms with van der Waals surface area (Å²) in [7, 11) is -3.54. The van der Waals surface area contributed by atoms with Gasteiger partial charge in [0.05, 0.1) is 5.69 Å².